The molecule has 0 aromatic rings. The number of aliphatic hydroxyl groups is 1. The highest BCUT2D eigenvalue weighted by molar-refractivity contribution is 4.87. The summed E-state index contributed by atoms with van der Waals surface area (Å²) in [6, 6.07) is 0. The van der Waals surface area contributed by atoms with Gasteiger partial charge in [-0.2, -0.15) is 0 Å². The van der Waals surface area contributed by atoms with Crippen molar-refractivity contribution in [1.82, 2.24) is 0 Å². The summed E-state index contributed by atoms with van der Waals surface area (Å²) in [5, 5.41) is 10.2. The first kappa shape index (κ1) is 19.0. The molecule has 0 saturated heterocycles. The van der Waals surface area contributed by atoms with Crippen LogP contribution in [0, 0.1) is 11.3 Å². The second kappa shape index (κ2) is 9.84. The third-order valence-corrected chi connectivity index (χ3v) is 5.60. The SMILES string of the molecule is CCCCCCCCOC1CC(C(C)(C)CC)CCC1O. The van der Waals surface area contributed by atoms with Crippen LogP contribution < -0.4 is 0 Å². The van der Waals surface area contributed by atoms with Gasteiger partial charge in [0.05, 0.1) is 12.2 Å². The summed E-state index contributed by atoms with van der Waals surface area (Å²) in [6.07, 6.45) is 11.9. The molecule has 0 bridgehead atoms. The number of aliphatic hydroxyl groups excluding tert-OH is 1. The van der Waals surface area contributed by atoms with E-state index in [1.54, 1.807) is 0 Å². The van der Waals surface area contributed by atoms with E-state index < -0.39 is 0 Å². The van der Waals surface area contributed by atoms with E-state index in [9.17, 15) is 5.11 Å². The quantitative estimate of drug-likeness (QED) is 0.552. The Balaban J connectivity index is 2.23. The molecule has 126 valence electrons. The van der Waals surface area contributed by atoms with Crippen LogP contribution in [-0.2, 0) is 4.74 Å². The normalized spacial score (nSPS) is 27.0. The van der Waals surface area contributed by atoms with Crippen molar-refractivity contribution in [2.75, 3.05) is 6.61 Å². The molecule has 0 amide bonds. The molecule has 3 unspecified atom stereocenters. The monoisotopic (exact) mass is 298 g/mol. The van der Waals surface area contributed by atoms with Crippen LogP contribution in [0.3, 0.4) is 0 Å². The van der Waals surface area contributed by atoms with Crippen LogP contribution in [0.4, 0.5) is 0 Å². The predicted molar refractivity (Wildman–Crippen MR) is 90.5 cm³/mol. The molecule has 0 radical (unpaired) electrons. The van der Waals surface area contributed by atoms with Crippen molar-refractivity contribution in [2.24, 2.45) is 11.3 Å². The number of rotatable bonds is 10. The Hall–Kier alpha value is -0.0800. The molecule has 1 saturated carbocycles. The Kier molecular flexibility index (Phi) is 8.89. The minimum absolute atomic E-state index is 0.0743. The summed E-state index contributed by atoms with van der Waals surface area (Å²) in [4.78, 5) is 0. The van der Waals surface area contributed by atoms with E-state index in [4.69, 9.17) is 4.74 Å². The van der Waals surface area contributed by atoms with Gasteiger partial charge in [0.2, 0.25) is 0 Å². The molecular formula is C19H38O2. The smallest absolute Gasteiger partial charge is 0.0836 e. The first-order chi connectivity index (χ1) is 10.0. The third-order valence-electron chi connectivity index (χ3n) is 5.60. The molecule has 0 aliphatic heterocycles. The summed E-state index contributed by atoms with van der Waals surface area (Å²) in [5.41, 5.74) is 0.377. The van der Waals surface area contributed by atoms with Crippen molar-refractivity contribution in [1.29, 1.82) is 0 Å². The molecule has 0 heterocycles. The fraction of sp³-hybridized carbons (Fsp3) is 1.00. The number of hydrogen-bond donors (Lipinski definition) is 1. The Morgan fingerprint density at radius 2 is 1.67 bits per heavy atom. The summed E-state index contributed by atoms with van der Waals surface area (Å²) in [7, 11) is 0. The summed E-state index contributed by atoms with van der Waals surface area (Å²) in [5.74, 6) is 0.695. The van der Waals surface area contributed by atoms with Gasteiger partial charge in [-0.1, -0.05) is 66.2 Å². The Labute approximate surface area is 132 Å². The first-order valence-electron chi connectivity index (χ1n) is 9.31. The zero-order valence-electron chi connectivity index (χ0n) is 14.9. The van der Waals surface area contributed by atoms with Crippen LogP contribution in [0.2, 0.25) is 0 Å². The molecule has 0 spiro atoms. The van der Waals surface area contributed by atoms with Gasteiger partial charge in [-0.3, -0.25) is 0 Å². The molecule has 2 heteroatoms. The number of unbranched alkanes of at least 4 members (excludes halogenated alkanes) is 5. The minimum Gasteiger partial charge on any atom is -0.390 e. The predicted octanol–water partition coefficient (Wildman–Crippen LogP) is 5.33. The highest BCUT2D eigenvalue weighted by atomic mass is 16.5. The van der Waals surface area contributed by atoms with Gasteiger partial charge in [0.25, 0.3) is 0 Å². The highest BCUT2D eigenvalue weighted by Crippen LogP contribution is 2.41. The van der Waals surface area contributed by atoms with Crippen molar-refractivity contribution in [3.05, 3.63) is 0 Å². The lowest BCUT2D eigenvalue weighted by atomic mass is 9.68. The fourth-order valence-corrected chi connectivity index (χ4v) is 3.41. The Morgan fingerprint density at radius 3 is 2.33 bits per heavy atom. The van der Waals surface area contributed by atoms with Gasteiger partial charge in [-0.05, 0) is 37.0 Å². The fourth-order valence-electron chi connectivity index (χ4n) is 3.41. The van der Waals surface area contributed by atoms with E-state index in [0.29, 0.717) is 11.3 Å². The highest BCUT2D eigenvalue weighted by Gasteiger charge is 2.36. The van der Waals surface area contributed by atoms with Crippen molar-refractivity contribution in [2.45, 2.75) is 104 Å². The zero-order chi connectivity index (χ0) is 15.7. The maximum Gasteiger partial charge on any atom is 0.0836 e. The van der Waals surface area contributed by atoms with E-state index in [1.807, 2.05) is 0 Å². The zero-order valence-corrected chi connectivity index (χ0v) is 14.9. The maximum absolute atomic E-state index is 10.2. The molecule has 1 rings (SSSR count). The standard InChI is InChI=1S/C19H38O2/c1-5-7-8-9-10-11-14-21-18-15-16(12-13-17(18)20)19(3,4)6-2/h16-18,20H,5-15H2,1-4H3. The molecule has 1 fully saturated rings. The molecule has 1 aliphatic carbocycles. The van der Waals surface area contributed by atoms with Gasteiger partial charge >= 0.3 is 0 Å². The lowest BCUT2D eigenvalue weighted by Gasteiger charge is -2.41. The summed E-state index contributed by atoms with van der Waals surface area (Å²) >= 11 is 0. The summed E-state index contributed by atoms with van der Waals surface area (Å²) < 4.78 is 6.02. The number of hydrogen-bond acceptors (Lipinski definition) is 2. The average Bonchev–Trinajstić information content (AvgIpc) is 2.47. The molecule has 1 N–H and O–H groups in total. The Bertz CT molecular complexity index is 262. The van der Waals surface area contributed by atoms with Crippen LogP contribution in [0.15, 0.2) is 0 Å². The van der Waals surface area contributed by atoms with E-state index in [-0.39, 0.29) is 12.2 Å². The molecule has 0 aromatic carbocycles. The lowest BCUT2D eigenvalue weighted by molar-refractivity contribution is -0.0865. The molecule has 21 heavy (non-hydrogen) atoms. The van der Waals surface area contributed by atoms with E-state index in [1.165, 1.54) is 38.5 Å². The van der Waals surface area contributed by atoms with Gasteiger partial charge < -0.3 is 9.84 Å². The van der Waals surface area contributed by atoms with Gasteiger partial charge in [0.15, 0.2) is 0 Å². The van der Waals surface area contributed by atoms with Gasteiger partial charge in [0.1, 0.15) is 0 Å². The van der Waals surface area contributed by atoms with Gasteiger partial charge in [-0.25, -0.2) is 0 Å². The van der Waals surface area contributed by atoms with Crippen molar-refractivity contribution < 1.29 is 9.84 Å². The van der Waals surface area contributed by atoms with Crippen molar-refractivity contribution in [3.8, 4) is 0 Å². The van der Waals surface area contributed by atoms with E-state index in [0.717, 1.165) is 32.3 Å². The second-order valence-electron chi connectivity index (χ2n) is 7.60. The van der Waals surface area contributed by atoms with Crippen molar-refractivity contribution in [3.63, 3.8) is 0 Å². The maximum atomic E-state index is 10.2. The van der Waals surface area contributed by atoms with Crippen LogP contribution in [-0.4, -0.2) is 23.9 Å². The molecule has 1 aliphatic rings. The molecular weight excluding hydrogens is 260 g/mol. The van der Waals surface area contributed by atoms with Gasteiger partial charge in [-0.15, -0.1) is 0 Å². The van der Waals surface area contributed by atoms with Crippen LogP contribution in [0.1, 0.15) is 91.9 Å². The van der Waals surface area contributed by atoms with Crippen LogP contribution in [0.5, 0.6) is 0 Å². The van der Waals surface area contributed by atoms with E-state index in [2.05, 4.69) is 27.7 Å². The molecule has 3 atom stereocenters. The molecule has 2 nitrogen and oxygen atoms in total. The van der Waals surface area contributed by atoms with Gasteiger partial charge in [0, 0.05) is 6.61 Å². The number of ether oxygens (including phenoxy) is 1. The van der Waals surface area contributed by atoms with E-state index >= 15 is 0 Å². The molecule has 0 aromatic heterocycles. The largest absolute Gasteiger partial charge is 0.390 e. The summed E-state index contributed by atoms with van der Waals surface area (Å²) in [6.45, 7) is 10.1. The van der Waals surface area contributed by atoms with Crippen LogP contribution in [0.25, 0.3) is 0 Å². The first-order valence-corrected chi connectivity index (χ1v) is 9.31. The average molecular weight is 299 g/mol. The topological polar surface area (TPSA) is 29.5 Å². The lowest BCUT2D eigenvalue weighted by Crippen LogP contribution is -2.40. The van der Waals surface area contributed by atoms with Crippen LogP contribution >= 0.6 is 0 Å². The second-order valence-corrected chi connectivity index (χ2v) is 7.60. The van der Waals surface area contributed by atoms with Crippen molar-refractivity contribution >= 4 is 0 Å². The minimum atomic E-state index is -0.242. The third kappa shape index (κ3) is 6.69. The Morgan fingerprint density at radius 1 is 1.00 bits per heavy atom.